The molecule has 0 saturated heterocycles. The van der Waals surface area contributed by atoms with E-state index in [1.54, 1.807) is 0 Å². The first-order chi connectivity index (χ1) is 15.3. The molecule has 0 amide bonds. The van der Waals surface area contributed by atoms with Crippen molar-refractivity contribution >= 4 is 27.8 Å². The highest BCUT2D eigenvalue weighted by molar-refractivity contribution is 7.12. The Morgan fingerprint density at radius 2 is 1.45 bits per heavy atom. The van der Waals surface area contributed by atoms with E-state index in [0.29, 0.717) is 0 Å². The predicted octanol–water partition coefficient (Wildman–Crippen LogP) is 6.08. The zero-order valence-electron chi connectivity index (χ0n) is 17.0. The molecule has 0 aliphatic rings. The number of fused-ring (bicyclic) bond motifs is 1. The van der Waals surface area contributed by atoms with Crippen LogP contribution in [0.3, 0.4) is 0 Å². The lowest BCUT2D eigenvalue weighted by molar-refractivity contribution is 0.824. The molecule has 4 nitrogen and oxygen atoms in total. The first-order valence-electron chi connectivity index (χ1n) is 10.1. The average molecular weight is 421 g/mol. The van der Waals surface area contributed by atoms with E-state index in [-0.39, 0.29) is 0 Å². The van der Waals surface area contributed by atoms with Gasteiger partial charge in [-0.2, -0.15) is 10.2 Å². The Balaban J connectivity index is 1.64. The molecule has 0 bridgehead atoms. The van der Waals surface area contributed by atoms with Crippen LogP contribution in [0.15, 0.2) is 113 Å². The molecule has 0 unspecified atom stereocenters. The van der Waals surface area contributed by atoms with Crippen LogP contribution in [-0.2, 0) is 0 Å². The maximum absolute atomic E-state index is 4.82. The predicted molar refractivity (Wildman–Crippen MR) is 129 cm³/mol. The Hall–Kier alpha value is -3.83. The third kappa shape index (κ3) is 3.96. The number of aromatic nitrogens is 2. The molecular formula is C26H20N4S. The molecule has 0 aliphatic carbocycles. The minimum Gasteiger partial charge on any atom is -0.203 e. The zero-order chi connectivity index (χ0) is 21.0. The van der Waals surface area contributed by atoms with Crippen molar-refractivity contribution in [3.05, 3.63) is 113 Å². The molecule has 0 radical (unpaired) electrons. The van der Waals surface area contributed by atoms with Crippen molar-refractivity contribution in [3.63, 3.8) is 0 Å². The summed E-state index contributed by atoms with van der Waals surface area (Å²) in [5, 5.41) is 17.3. The van der Waals surface area contributed by atoms with Crippen LogP contribution in [0.4, 0.5) is 0 Å². The number of nitrogens with zero attached hydrogens (tertiary/aromatic N) is 4. The summed E-state index contributed by atoms with van der Waals surface area (Å²) in [5.41, 5.74) is 3.97. The summed E-state index contributed by atoms with van der Waals surface area (Å²) in [6.45, 7) is 2.00. The standard InChI is InChI=1S/C26H20N4S/c1-19(23-18-10-14-20-11-8-9-17-24(20)23)27-28-26-30(22-15-6-3-7-16-22)29-25(31-26)21-12-4-2-5-13-21/h2-18H,1H3/b27-19+,28-26+. The monoisotopic (exact) mass is 420 g/mol. The number of para-hydroxylation sites is 1. The quantitative estimate of drug-likeness (QED) is 0.257. The summed E-state index contributed by atoms with van der Waals surface area (Å²) in [4.78, 5) is 0.727. The van der Waals surface area contributed by atoms with Gasteiger partial charge in [0, 0.05) is 11.1 Å². The van der Waals surface area contributed by atoms with E-state index < -0.39 is 0 Å². The fourth-order valence-corrected chi connectivity index (χ4v) is 4.36. The molecule has 5 aromatic rings. The van der Waals surface area contributed by atoms with Gasteiger partial charge in [-0.3, -0.25) is 0 Å². The van der Waals surface area contributed by atoms with Gasteiger partial charge < -0.3 is 0 Å². The van der Waals surface area contributed by atoms with Crippen LogP contribution >= 0.6 is 11.3 Å². The van der Waals surface area contributed by atoms with Gasteiger partial charge in [-0.25, -0.2) is 4.68 Å². The highest BCUT2D eigenvalue weighted by Gasteiger charge is 2.09. The lowest BCUT2D eigenvalue weighted by Crippen LogP contribution is -2.14. The number of benzene rings is 4. The number of hydrogen-bond donors (Lipinski definition) is 0. The fourth-order valence-electron chi connectivity index (χ4n) is 3.49. The van der Waals surface area contributed by atoms with E-state index in [9.17, 15) is 0 Å². The fraction of sp³-hybridized carbons (Fsp3) is 0.0385. The summed E-state index contributed by atoms with van der Waals surface area (Å²) in [7, 11) is 0. The van der Waals surface area contributed by atoms with E-state index in [4.69, 9.17) is 5.10 Å². The van der Waals surface area contributed by atoms with Crippen molar-refractivity contribution in [2.45, 2.75) is 6.92 Å². The first-order valence-corrected chi connectivity index (χ1v) is 10.9. The molecule has 0 spiro atoms. The smallest absolute Gasteiger partial charge is 0.203 e. The summed E-state index contributed by atoms with van der Waals surface area (Å²) in [6, 6.07) is 34.8. The van der Waals surface area contributed by atoms with Gasteiger partial charge in [-0.1, -0.05) is 102 Å². The second kappa shape index (κ2) is 8.50. The molecule has 0 fully saturated rings. The molecule has 1 aromatic heterocycles. The van der Waals surface area contributed by atoms with Crippen LogP contribution in [0, 0.1) is 0 Å². The third-order valence-electron chi connectivity index (χ3n) is 5.05. The van der Waals surface area contributed by atoms with Gasteiger partial charge in [0.2, 0.25) is 4.80 Å². The molecule has 31 heavy (non-hydrogen) atoms. The van der Waals surface area contributed by atoms with Crippen LogP contribution < -0.4 is 4.80 Å². The highest BCUT2D eigenvalue weighted by Crippen LogP contribution is 2.21. The van der Waals surface area contributed by atoms with Crippen LogP contribution in [0.5, 0.6) is 0 Å². The Morgan fingerprint density at radius 1 is 0.774 bits per heavy atom. The Bertz CT molecular complexity index is 1430. The second-order valence-corrected chi connectivity index (χ2v) is 8.07. The minimum absolute atomic E-state index is 0.727. The second-order valence-electron chi connectivity index (χ2n) is 7.12. The Labute approximate surface area is 184 Å². The van der Waals surface area contributed by atoms with Crippen molar-refractivity contribution in [1.82, 2.24) is 9.78 Å². The van der Waals surface area contributed by atoms with Gasteiger partial charge in [0.15, 0.2) is 0 Å². The Morgan fingerprint density at radius 3 is 2.26 bits per heavy atom. The van der Waals surface area contributed by atoms with Crippen molar-refractivity contribution in [2.75, 3.05) is 0 Å². The number of hydrogen-bond acceptors (Lipinski definition) is 4. The summed E-state index contributed by atoms with van der Waals surface area (Å²) < 4.78 is 1.85. The highest BCUT2D eigenvalue weighted by atomic mass is 32.1. The van der Waals surface area contributed by atoms with Crippen LogP contribution in [0.25, 0.3) is 27.0 Å². The molecule has 4 aromatic carbocycles. The van der Waals surface area contributed by atoms with Crippen molar-refractivity contribution in [1.29, 1.82) is 0 Å². The number of rotatable bonds is 4. The van der Waals surface area contributed by atoms with E-state index in [2.05, 4.69) is 58.7 Å². The molecule has 0 saturated carbocycles. The topological polar surface area (TPSA) is 42.5 Å². The van der Waals surface area contributed by atoms with Crippen molar-refractivity contribution in [3.8, 4) is 16.3 Å². The summed E-state index contributed by atoms with van der Waals surface area (Å²) >= 11 is 1.53. The zero-order valence-corrected chi connectivity index (χ0v) is 17.8. The van der Waals surface area contributed by atoms with E-state index in [1.165, 1.54) is 22.1 Å². The van der Waals surface area contributed by atoms with Gasteiger partial charge in [0.1, 0.15) is 5.01 Å². The molecule has 5 rings (SSSR count). The first kappa shape index (κ1) is 19.2. The van der Waals surface area contributed by atoms with Gasteiger partial charge in [-0.15, -0.1) is 5.10 Å². The third-order valence-corrected chi connectivity index (χ3v) is 5.99. The van der Waals surface area contributed by atoms with Gasteiger partial charge >= 0.3 is 0 Å². The Kier molecular flexibility index (Phi) is 5.25. The maximum atomic E-state index is 4.82. The lowest BCUT2D eigenvalue weighted by Gasteiger charge is -2.04. The molecule has 0 aliphatic heterocycles. The summed E-state index contributed by atoms with van der Waals surface area (Å²) in [6.07, 6.45) is 0. The molecule has 1 heterocycles. The SMILES string of the molecule is C/C(=N\N=c1\sc(-c2ccccc2)nn1-c1ccccc1)c1cccc2ccccc12. The van der Waals surface area contributed by atoms with Gasteiger partial charge in [0.25, 0.3) is 0 Å². The summed E-state index contributed by atoms with van der Waals surface area (Å²) in [5.74, 6) is 0. The normalized spacial score (nSPS) is 12.4. The van der Waals surface area contributed by atoms with E-state index in [0.717, 1.165) is 32.3 Å². The van der Waals surface area contributed by atoms with E-state index in [1.807, 2.05) is 66.2 Å². The molecule has 5 heteroatoms. The molecule has 0 atom stereocenters. The van der Waals surface area contributed by atoms with Crippen LogP contribution in [0.1, 0.15) is 12.5 Å². The van der Waals surface area contributed by atoms with Gasteiger partial charge in [0.05, 0.1) is 11.4 Å². The average Bonchev–Trinajstić information content (AvgIpc) is 3.27. The largest absolute Gasteiger partial charge is 0.233 e. The maximum Gasteiger partial charge on any atom is 0.233 e. The van der Waals surface area contributed by atoms with E-state index >= 15 is 0 Å². The lowest BCUT2D eigenvalue weighted by atomic mass is 10.0. The van der Waals surface area contributed by atoms with Gasteiger partial charge in [-0.05, 0) is 29.8 Å². The molecular weight excluding hydrogens is 400 g/mol. The van der Waals surface area contributed by atoms with Crippen molar-refractivity contribution in [2.24, 2.45) is 10.2 Å². The molecule has 0 N–H and O–H groups in total. The van der Waals surface area contributed by atoms with Crippen molar-refractivity contribution < 1.29 is 0 Å². The van der Waals surface area contributed by atoms with Crippen LogP contribution in [-0.4, -0.2) is 15.5 Å². The minimum atomic E-state index is 0.727. The van der Waals surface area contributed by atoms with Crippen LogP contribution in [0.2, 0.25) is 0 Å². The molecule has 150 valence electrons.